The molecule has 0 radical (unpaired) electrons. The van der Waals surface area contributed by atoms with Crippen molar-refractivity contribution in [3.05, 3.63) is 59.7 Å². The van der Waals surface area contributed by atoms with E-state index in [0.717, 1.165) is 48.1 Å². The number of ketones is 1. The van der Waals surface area contributed by atoms with Gasteiger partial charge in [0.2, 0.25) is 19.5 Å². The Morgan fingerprint density at radius 1 is 0.720 bits per heavy atom. The average molecular weight is 755 g/mol. The number of likely N-dealkylation sites (N-methyl/N-ethyl adjacent to an activating group) is 2. The molecule has 11 unspecified atom stereocenters. The van der Waals surface area contributed by atoms with E-state index < -0.39 is 90.4 Å². The molecule has 0 aromatic heterocycles. The zero-order chi connectivity index (χ0) is 35.3. The van der Waals surface area contributed by atoms with Crippen LogP contribution in [0.2, 0.25) is 0 Å². The van der Waals surface area contributed by atoms with Crippen LogP contribution in [0.25, 0.3) is 0 Å². The molecule has 11 atom stereocenters. The Kier molecular flexibility index (Phi) is 5.74. The predicted molar refractivity (Wildman–Crippen MR) is 186 cm³/mol. The van der Waals surface area contributed by atoms with Gasteiger partial charge in [-0.2, -0.15) is 0 Å². The highest BCUT2D eigenvalue weighted by molar-refractivity contribution is 8.78. The highest BCUT2D eigenvalue weighted by Crippen LogP contribution is 2.78. The highest BCUT2D eigenvalue weighted by atomic mass is 33.1. The lowest BCUT2D eigenvalue weighted by Crippen LogP contribution is -2.80. The van der Waals surface area contributed by atoms with E-state index >= 15 is 0 Å². The molecule has 2 aromatic carbocycles. The normalized spacial score (nSPS) is 44.8. The number of rotatable bonds is 3. The van der Waals surface area contributed by atoms with Crippen LogP contribution in [0.1, 0.15) is 25.0 Å². The van der Waals surface area contributed by atoms with E-state index in [1.165, 1.54) is 42.6 Å². The van der Waals surface area contributed by atoms with Gasteiger partial charge in [-0.05, 0) is 80.3 Å². The summed E-state index contributed by atoms with van der Waals surface area (Å²) in [6.45, 7) is 2.70. The Bertz CT molecular complexity index is 2060. The number of amides is 4. The molecule has 4 amide bonds. The van der Waals surface area contributed by atoms with Gasteiger partial charge in [-0.1, -0.05) is 36.4 Å². The summed E-state index contributed by atoms with van der Waals surface area (Å²) < 4.78 is 0. The fourth-order valence-corrected chi connectivity index (χ4v) is 18.4. The summed E-state index contributed by atoms with van der Waals surface area (Å²) in [6.07, 6.45) is -7.27. The van der Waals surface area contributed by atoms with E-state index in [9.17, 15) is 39.3 Å². The molecule has 18 heteroatoms. The van der Waals surface area contributed by atoms with E-state index in [-0.39, 0.29) is 0 Å². The lowest BCUT2D eigenvalue weighted by atomic mass is 9.52. The topological polar surface area (TPSA) is 183 Å². The van der Waals surface area contributed by atoms with Crippen molar-refractivity contribution in [1.29, 1.82) is 0 Å². The zero-order valence-electron chi connectivity index (χ0n) is 26.8. The minimum Gasteiger partial charge on any atom is -0.389 e. The van der Waals surface area contributed by atoms with Gasteiger partial charge in [-0.3, -0.25) is 33.8 Å². The van der Waals surface area contributed by atoms with Crippen LogP contribution in [0.5, 0.6) is 0 Å². The molecule has 12 rings (SSSR count). The average Bonchev–Trinajstić information content (AvgIpc) is 3.74. The summed E-state index contributed by atoms with van der Waals surface area (Å²) in [4.78, 5) is 70.2. The number of carbonyl (C=O) groups is 5. The molecule has 10 aliphatic heterocycles. The number of para-hydroxylation sites is 2. The van der Waals surface area contributed by atoms with Gasteiger partial charge in [0.1, 0.15) is 24.5 Å². The number of anilines is 2. The molecule has 2 spiro atoms. The van der Waals surface area contributed by atoms with Crippen molar-refractivity contribution in [2.45, 2.75) is 74.8 Å². The van der Waals surface area contributed by atoms with Gasteiger partial charge < -0.3 is 35.8 Å². The Hall–Kier alpha value is -3.13. The number of Topliss-reactive ketones (excluding diaryl/α,β-unsaturated/α-hetero) is 1. The Labute approximate surface area is 300 Å². The summed E-state index contributed by atoms with van der Waals surface area (Å²) in [6, 6.07) is 14.2. The number of aliphatic hydroxyl groups is 3. The minimum absolute atomic E-state index is 0.472. The molecule has 14 nitrogen and oxygen atoms in total. The largest absolute Gasteiger partial charge is 0.389 e. The monoisotopic (exact) mass is 754 g/mol. The first-order valence-electron chi connectivity index (χ1n) is 16.0. The number of benzene rings is 2. The molecular formula is C32H30N6O8S4. The van der Waals surface area contributed by atoms with Crippen LogP contribution in [0, 0.1) is 0 Å². The molecule has 8 fully saturated rings. The van der Waals surface area contributed by atoms with Crippen LogP contribution in [0.3, 0.4) is 0 Å². The lowest BCUT2D eigenvalue weighted by Gasteiger charge is -2.59. The van der Waals surface area contributed by atoms with Gasteiger partial charge in [0.05, 0.1) is 16.9 Å². The van der Waals surface area contributed by atoms with E-state index in [1.54, 1.807) is 48.5 Å². The lowest BCUT2D eigenvalue weighted by molar-refractivity contribution is -0.172. The summed E-state index contributed by atoms with van der Waals surface area (Å²) in [5.41, 5.74) is -1.64. The van der Waals surface area contributed by atoms with E-state index in [0.29, 0.717) is 22.5 Å². The van der Waals surface area contributed by atoms with Gasteiger partial charge in [0.15, 0.2) is 5.78 Å². The van der Waals surface area contributed by atoms with Crippen molar-refractivity contribution in [3.8, 4) is 0 Å². The van der Waals surface area contributed by atoms with Crippen molar-refractivity contribution in [2.24, 2.45) is 0 Å². The van der Waals surface area contributed by atoms with Crippen LogP contribution in [-0.4, -0.2) is 129 Å². The number of piperazine rings is 2. The molecule has 0 saturated carbocycles. The second-order valence-electron chi connectivity index (χ2n) is 14.1. The number of hydrogen-bond donors (Lipinski definition) is 5. The maximum Gasteiger partial charge on any atom is 0.271 e. The van der Waals surface area contributed by atoms with Crippen LogP contribution in [0.4, 0.5) is 11.4 Å². The van der Waals surface area contributed by atoms with E-state index in [4.69, 9.17) is 0 Å². The number of aliphatic hydroxyl groups excluding tert-OH is 3. The molecule has 260 valence electrons. The number of fused-ring (bicyclic) bond motifs is 11. The zero-order valence-corrected chi connectivity index (χ0v) is 30.1. The maximum absolute atomic E-state index is 15.0. The number of carbonyl (C=O) groups excluding carboxylic acids is 5. The summed E-state index contributed by atoms with van der Waals surface area (Å²) in [5, 5.41) is 44.8. The first-order chi connectivity index (χ1) is 23.7. The van der Waals surface area contributed by atoms with Gasteiger partial charge in [0.25, 0.3) is 23.6 Å². The molecule has 0 aliphatic carbocycles. The quantitative estimate of drug-likeness (QED) is 0.213. The molecule has 8 saturated heterocycles. The number of hydrogen-bond acceptors (Lipinski definition) is 14. The van der Waals surface area contributed by atoms with Gasteiger partial charge >= 0.3 is 0 Å². The SMILES string of the molecule is CC(=O)C12SSC3(C(=O)N1C)C(O)C1(C45c6ccccc6NC4N4C(=O)C6(C(C)O)SSC4(C(=O)N6C)C5O)c4ccccc4NC1N3C2=O. The molecule has 10 aliphatic rings. The van der Waals surface area contributed by atoms with Crippen LogP contribution < -0.4 is 10.6 Å². The van der Waals surface area contributed by atoms with Gasteiger partial charge in [0, 0.05) is 25.5 Å². The fourth-order valence-electron chi connectivity index (χ4n) is 10.5. The molecule has 10 heterocycles. The summed E-state index contributed by atoms with van der Waals surface area (Å²) in [5.74, 6) is -3.11. The van der Waals surface area contributed by atoms with Crippen molar-refractivity contribution in [2.75, 3.05) is 24.7 Å². The minimum atomic E-state index is -1.97. The maximum atomic E-state index is 15.0. The smallest absolute Gasteiger partial charge is 0.271 e. The predicted octanol–water partition coefficient (Wildman–Crippen LogP) is 0.261. The van der Waals surface area contributed by atoms with Crippen LogP contribution >= 0.6 is 43.2 Å². The van der Waals surface area contributed by atoms with Crippen LogP contribution in [-0.2, 0) is 34.8 Å². The number of nitrogens with one attached hydrogen (secondary N) is 2. The first-order valence-corrected chi connectivity index (χ1v) is 20.3. The van der Waals surface area contributed by atoms with Crippen molar-refractivity contribution in [1.82, 2.24) is 19.6 Å². The fraction of sp³-hybridized carbons (Fsp3) is 0.469. The van der Waals surface area contributed by atoms with Crippen molar-refractivity contribution >= 4 is 84.0 Å². The first kappa shape index (κ1) is 31.6. The Morgan fingerprint density at radius 2 is 1.18 bits per heavy atom. The molecule has 5 N–H and O–H groups in total. The second kappa shape index (κ2) is 9.08. The Morgan fingerprint density at radius 3 is 1.68 bits per heavy atom. The van der Waals surface area contributed by atoms with E-state index in [2.05, 4.69) is 10.6 Å². The molecule has 2 aromatic rings. The second-order valence-corrected chi connectivity index (χ2v) is 19.2. The van der Waals surface area contributed by atoms with Gasteiger partial charge in [-0.15, -0.1) is 0 Å². The molecular weight excluding hydrogens is 725 g/mol. The Balaban J connectivity index is 1.34. The third kappa shape index (κ3) is 2.61. The van der Waals surface area contributed by atoms with Crippen molar-refractivity contribution in [3.63, 3.8) is 0 Å². The standard InChI is InChI=1S/C32H30N6O8S4/c1-13(39)29-25(45)37-21-27(15-9-5-7-11-17(15)33-21,19(41)31(37,49-47-29)23(43)35(29)3)28-16-10-6-8-12-18(16)34-22(28)38-26(46)30(14(2)40)36(4)24(44)32(38,20(28)42)50-48-30/h5-13,19-22,33-34,39,41-42H,1-4H3. The summed E-state index contributed by atoms with van der Waals surface area (Å²) in [7, 11) is 6.69. The molecule has 50 heavy (non-hydrogen) atoms. The van der Waals surface area contributed by atoms with Crippen LogP contribution in [0.15, 0.2) is 48.5 Å². The number of nitrogens with zero attached hydrogens (tertiary/aromatic N) is 4. The third-order valence-electron chi connectivity index (χ3n) is 12.6. The van der Waals surface area contributed by atoms with E-state index in [1.807, 2.05) is 0 Å². The van der Waals surface area contributed by atoms with Crippen molar-refractivity contribution < 1.29 is 39.3 Å². The summed E-state index contributed by atoms with van der Waals surface area (Å²) >= 11 is 0. The molecule has 4 bridgehead atoms. The highest BCUT2D eigenvalue weighted by Gasteiger charge is 2.93. The third-order valence-corrected chi connectivity index (χ3v) is 20.0. The van der Waals surface area contributed by atoms with Gasteiger partial charge in [-0.25, -0.2) is 0 Å².